The molecule has 0 amide bonds. The van der Waals surface area contributed by atoms with Crippen LogP contribution >= 0.6 is 11.6 Å². The Morgan fingerprint density at radius 1 is 1.14 bits per heavy atom. The van der Waals surface area contributed by atoms with Crippen molar-refractivity contribution < 1.29 is 19.0 Å². The molecule has 36 heavy (non-hydrogen) atoms. The van der Waals surface area contributed by atoms with Crippen LogP contribution in [0.1, 0.15) is 33.9 Å². The molecule has 2 heterocycles. The van der Waals surface area contributed by atoms with E-state index in [0.29, 0.717) is 41.3 Å². The molecule has 0 bridgehead atoms. The molecule has 0 atom stereocenters. The fraction of sp³-hybridized carbons (Fsp3) is 0.214. The maximum Gasteiger partial charge on any atom is 0.352 e. The summed E-state index contributed by atoms with van der Waals surface area (Å²) in [6, 6.07) is 13.8. The van der Waals surface area contributed by atoms with Crippen molar-refractivity contribution >= 4 is 39.2 Å². The topological polar surface area (TPSA) is 80.1 Å². The molecule has 8 heteroatoms. The van der Waals surface area contributed by atoms with Crippen LogP contribution in [0.5, 0.6) is 5.75 Å². The van der Waals surface area contributed by atoms with Gasteiger partial charge in [-0.1, -0.05) is 29.8 Å². The summed E-state index contributed by atoms with van der Waals surface area (Å²) in [5, 5.41) is 17.4. The number of fused-ring (bicyclic) bond motifs is 2. The summed E-state index contributed by atoms with van der Waals surface area (Å²) in [6.07, 6.45) is 1.08. The van der Waals surface area contributed by atoms with Gasteiger partial charge in [0.2, 0.25) is 0 Å². The number of nitrogens with one attached hydrogen (secondary N) is 1. The van der Waals surface area contributed by atoms with Crippen LogP contribution in [0.2, 0.25) is 5.02 Å². The lowest BCUT2D eigenvalue weighted by molar-refractivity contribution is 0.0690. The first-order chi connectivity index (χ1) is 17.3. The molecule has 0 saturated carbocycles. The number of ether oxygens (including phenoxy) is 1. The van der Waals surface area contributed by atoms with Crippen LogP contribution in [0.25, 0.3) is 32.8 Å². The lowest BCUT2D eigenvalue weighted by Gasteiger charge is -2.10. The minimum atomic E-state index is -1.03. The minimum absolute atomic E-state index is 0.147. The number of nitrogens with zero attached hydrogens (tertiary/aromatic N) is 2. The minimum Gasteiger partial charge on any atom is -0.493 e. The normalized spacial score (nSPS) is 11.5. The van der Waals surface area contributed by atoms with Crippen LogP contribution in [0.3, 0.4) is 0 Å². The molecule has 0 aliphatic rings. The smallest absolute Gasteiger partial charge is 0.352 e. The monoisotopic (exact) mass is 505 g/mol. The largest absolute Gasteiger partial charge is 0.493 e. The van der Waals surface area contributed by atoms with E-state index in [-0.39, 0.29) is 11.5 Å². The highest BCUT2D eigenvalue weighted by Crippen LogP contribution is 2.40. The van der Waals surface area contributed by atoms with Crippen LogP contribution in [0.4, 0.5) is 4.39 Å². The first kappa shape index (κ1) is 23.9. The second kappa shape index (κ2) is 9.32. The van der Waals surface area contributed by atoms with Crippen molar-refractivity contribution in [2.24, 2.45) is 7.05 Å². The molecule has 0 fully saturated rings. The summed E-state index contributed by atoms with van der Waals surface area (Å²) in [4.78, 5) is 15.3. The van der Waals surface area contributed by atoms with Gasteiger partial charge in [-0.3, -0.25) is 4.68 Å². The fourth-order valence-corrected chi connectivity index (χ4v) is 5.15. The van der Waals surface area contributed by atoms with E-state index in [9.17, 15) is 14.3 Å². The molecule has 5 aromatic rings. The van der Waals surface area contributed by atoms with Gasteiger partial charge in [-0.05, 0) is 68.0 Å². The van der Waals surface area contributed by atoms with E-state index in [1.54, 1.807) is 16.8 Å². The first-order valence-corrected chi connectivity index (χ1v) is 12.0. The third kappa shape index (κ3) is 4.09. The highest BCUT2D eigenvalue weighted by molar-refractivity contribution is 6.35. The third-order valence-electron chi connectivity index (χ3n) is 6.64. The predicted molar refractivity (Wildman–Crippen MR) is 140 cm³/mol. The van der Waals surface area contributed by atoms with Gasteiger partial charge in [0.15, 0.2) is 0 Å². The number of H-pyrrole nitrogens is 1. The molecule has 0 radical (unpaired) electrons. The Bertz CT molecular complexity index is 1640. The molecule has 5 rings (SSSR count). The summed E-state index contributed by atoms with van der Waals surface area (Å²) in [5.41, 5.74) is 4.95. The van der Waals surface area contributed by atoms with Gasteiger partial charge in [0.05, 0.1) is 22.8 Å². The van der Waals surface area contributed by atoms with Gasteiger partial charge in [0.1, 0.15) is 17.3 Å². The van der Waals surface area contributed by atoms with Crippen molar-refractivity contribution in [3.63, 3.8) is 0 Å². The zero-order chi connectivity index (χ0) is 25.6. The molecular weight excluding hydrogens is 481 g/mol. The van der Waals surface area contributed by atoms with Crippen molar-refractivity contribution in [2.45, 2.75) is 26.7 Å². The molecule has 2 N–H and O–H groups in total. The number of carbonyl (C=O) groups is 1. The number of rotatable bonds is 7. The molecule has 0 aliphatic heterocycles. The Morgan fingerprint density at radius 3 is 2.64 bits per heavy atom. The summed E-state index contributed by atoms with van der Waals surface area (Å²) >= 11 is 6.64. The number of aromatic nitrogens is 3. The quantitative estimate of drug-likeness (QED) is 0.237. The maximum atomic E-state index is 13.6. The molecule has 184 valence electrons. The van der Waals surface area contributed by atoms with Crippen molar-refractivity contribution in [1.29, 1.82) is 0 Å². The average Bonchev–Trinajstić information content (AvgIpc) is 3.33. The molecular formula is C28H25ClFN3O3. The Labute approximate surface area is 212 Å². The van der Waals surface area contributed by atoms with Gasteiger partial charge >= 0.3 is 5.97 Å². The SMILES string of the molecule is Cc1nn(C)c(C)c1-c1c(Cl)ccc2c(CCCOc3cccc4cc(F)ccc34)c(C(=O)O)[nH]c12. The van der Waals surface area contributed by atoms with Crippen LogP contribution in [0, 0.1) is 19.7 Å². The van der Waals surface area contributed by atoms with E-state index in [4.69, 9.17) is 16.3 Å². The second-order valence-corrected chi connectivity index (χ2v) is 9.28. The van der Waals surface area contributed by atoms with Crippen molar-refractivity contribution in [2.75, 3.05) is 6.61 Å². The van der Waals surface area contributed by atoms with Crippen LogP contribution in [-0.4, -0.2) is 32.4 Å². The average molecular weight is 506 g/mol. The molecule has 0 aliphatic carbocycles. The standard InChI is InChI=1S/C28H25ClFN3O3/c1-15-24(16(2)33(3)32-15)25-22(29)12-11-21-20(27(28(34)35)31-26(21)25)7-5-13-36-23-8-4-6-17-14-18(30)9-10-19(17)23/h4,6,8-12,14,31H,5,7,13H2,1-3H3,(H,34,35). The Hall–Kier alpha value is -3.84. The van der Waals surface area contributed by atoms with E-state index in [1.165, 1.54) is 12.1 Å². The second-order valence-electron chi connectivity index (χ2n) is 8.87. The van der Waals surface area contributed by atoms with Crippen LogP contribution < -0.4 is 4.74 Å². The number of aryl methyl sites for hydroxylation is 3. The van der Waals surface area contributed by atoms with Gasteiger partial charge in [-0.2, -0.15) is 5.10 Å². The maximum absolute atomic E-state index is 13.6. The molecule has 0 spiro atoms. The van der Waals surface area contributed by atoms with E-state index in [2.05, 4.69) is 10.1 Å². The Kier molecular flexibility index (Phi) is 6.18. The molecule has 2 aromatic heterocycles. The van der Waals surface area contributed by atoms with Gasteiger partial charge in [-0.25, -0.2) is 9.18 Å². The number of carboxylic acid groups (broad SMARTS) is 1. The Balaban J connectivity index is 1.46. The highest BCUT2D eigenvalue weighted by atomic mass is 35.5. The van der Waals surface area contributed by atoms with Crippen LogP contribution in [-0.2, 0) is 13.5 Å². The number of hydrogen-bond acceptors (Lipinski definition) is 3. The van der Waals surface area contributed by atoms with E-state index < -0.39 is 5.97 Å². The Morgan fingerprint density at radius 2 is 1.92 bits per heavy atom. The number of carboxylic acids is 1. The highest BCUT2D eigenvalue weighted by Gasteiger charge is 2.23. The summed E-state index contributed by atoms with van der Waals surface area (Å²) in [7, 11) is 1.87. The molecule has 3 aromatic carbocycles. The lowest BCUT2D eigenvalue weighted by Crippen LogP contribution is -2.04. The number of aromatic amines is 1. The van der Waals surface area contributed by atoms with E-state index >= 15 is 0 Å². The number of aromatic carboxylic acids is 1. The predicted octanol–water partition coefficient (Wildman–Crippen LogP) is 6.84. The van der Waals surface area contributed by atoms with Gasteiger partial charge < -0.3 is 14.8 Å². The number of benzene rings is 3. The summed E-state index contributed by atoms with van der Waals surface area (Å²) in [5.74, 6) is -0.655. The fourth-order valence-electron chi connectivity index (χ4n) is 4.90. The molecule has 0 unspecified atom stereocenters. The lowest BCUT2D eigenvalue weighted by atomic mass is 9.98. The molecule has 0 saturated heterocycles. The van der Waals surface area contributed by atoms with Crippen LogP contribution in [0.15, 0.2) is 48.5 Å². The first-order valence-electron chi connectivity index (χ1n) is 11.6. The van der Waals surface area contributed by atoms with Crippen molar-refractivity contribution in [3.8, 4) is 16.9 Å². The van der Waals surface area contributed by atoms with Crippen molar-refractivity contribution in [3.05, 3.63) is 82.0 Å². The number of halogens is 2. The summed E-state index contributed by atoms with van der Waals surface area (Å²) in [6.45, 7) is 4.26. The number of hydrogen-bond donors (Lipinski definition) is 2. The van der Waals surface area contributed by atoms with Crippen molar-refractivity contribution in [1.82, 2.24) is 14.8 Å². The zero-order valence-electron chi connectivity index (χ0n) is 20.2. The van der Waals surface area contributed by atoms with Gasteiger partial charge in [0.25, 0.3) is 0 Å². The van der Waals surface area contributed by atoms with Gasteiger partial charge in [0, 0.05) is 34.6 Å². The van der Waals surface area contributed by atoms with Gasteiger partial charge in [-0.15, -0.1) is 0 Å². The molecule has 6 nitrogen and oxygen atoms in total. The van der Waals surface area contributed by atoms with E-state index in [0.717, 1.165) is 38.7 Å². The zero-order valence-corrected chi connectivity index (χ0v) is 20.9. The van der Waals surface area contributed by atoms with E-state index in [1.807, 2.05) is 45.2 Å². The summed E-state index contributed by atoms with van der Waals surface area (Å²) < 4.78 is 21.4. The third-order valence-corrected chi connectivity index (χ3v) is 6.95.